The van der Waals surface area contributed by atoms with Crippen LogP contribution in [0.15, 0.2) is 4.99 Å². The molecule has 4 N–H and O–H groups in total. The third-order valence-electron chi connectivity index (χ3n) is 1.66. The highest BCUT2D eigenvalue weighted by Gasteiger charge is 2.15. The zero-order valence-corrected chi connectivity index (χ0v) is 10.3. The van der Waals surface area contributed by atoms with Crippen LogP contribution in [0.5, 0.6) is 0 Å². The van der Waals surface area contributed by atoms with Crippen LogP contribution < -0.4 is 11.5 Å². The molecule has 1 amide bonds. The van der Waals surface area contributed by atoms with E-state index in [1.165, 1.54) is 11.8 Å². The topological polar surface area (TPSA) is 107 Å². The number of hydrogen-bond donors (Lipinski definition) is 2. The molecule has 6 nitrogen and oxygen atoms in total. The Morgan fingerprint density at radius 2 is 2.00 bits per heavy atom. The number of nitrogens with two attached hydrogens (primary N) is 2. The van der Waals surface area contributed by atoms with Crippen molar-refractivity contribution in [3.8, 4) is 0 Å². The van der Waals surface area contributed by atoms with Crippen molar-refractivity contribution >= 4 is 45.9 Å². The number of carbonyl (C=O) groups is 1. The Labute approximate surface area is 101 Å². The van der Waals surface area contributed by atoms with Crippen LogP contribution in [0.1, 0.15) is 17.4 Å². The molecule has 0 atom stereocenters. The number of halogens is 1. The van der Waals surface area contributed by atoms with Gasteiger partial charge in [0, 0.05) is 0 Å². The third kappa shape index (κ3) is 2.83. The first kappa shape index (κ1) is 12.7. The molecule has 1 rings (SSSR count). The summed E-state index contributed by atoms with van der Waals surface area (Å²) in [6, 6.07) is 0. The quantitative estimate of drug-likeness (QED) is 0.580. The van der Waals surface area contributed by atoms with Crippen LogP contribution >= 0.6 is 23.4 Å². The fraction of sp³-hybridized carbons (Fsp3) is 0.250. The van der Waals surface area contributed by atoms with Crippen molar-refractivity contribution in [1.82, 2.24) is 9.97 Å². The van der Waals surface area contributed by atoms with Crippen LogP contribution in [0.2, 0.25) is 5.15 Å². The molecule has 0 aliphatic carbocycles. The number of anilines is 2. The smallest absolute Gasteiger partial charge is 0.300 e. The molecule has 0 saturated carbocycles. The monoisotopic (exact) mass is 259 g/mol. The lowest BCUT2D eigenvalue weighted by Gasteiger charge is -2.03. The van der Waals surface area contributed by atoms with Gasteiger partial charge in [0.1, 0.15) is 0 Å². The Balaban J connectivity index is 3.14. The van der Waals surface area contributed by atoms with Crippen molar-refractivity contribution in [1.29, 1.82) is 0 Å². The van der Waals surface area contributed by atoms with E-state index in [-0.39, 0.29) is 22.5 Å². The van der Waals surface area contributed by atoms with Gasteiger partial charge in [-0.15, -0.1) is 11.8 Å². The van der Waals surface area contributed by atoms with Crippen molar-refractivity contribution in [2.24, 2.45) is 4.99 Å². The first-order valence-electron chi connectivity index (χ1n) is 4.17. The summed E-state index contributed by atoms with van der Waals surface area (Å²) >= 11 is 6.98. The summed E-state index contributed by atoms with van der Waals surface area (Å²) in [6.45, 7) is 1.70. The van der Waals surface area contributed by atoms with Gasteiger partial charge in [0.15, 0.2) is 22.5 Å². The summed E-state index contributed by atoms with van der Waals surface area (Å²) in [5.41, 5.74) is 10.8. The molecule has 8 heteroatoms. The van der Waals surface area contributed by atoms with Gasteiger partial charge in [-0.3, -0.25) is 4.79 Å². The van der Waals surface area contributed by atoms with Gasteiger partial charge in [-0.1, -0.05) is 11.6 Å². The number of rotatable bonds is 1. The number of aromatic nitrogens is 2. The average Bonchev–Trinajstić information content (AvgIpc) is 2.23. The summed E-state index contributed by atoms with van der Waals surface area (Å²) in [6.07, 6.45) is 1.80. The maximum Gasteiger partial charge on any atom is 0.300 e. The predicted molar refractivity (Wildman–Crippen MR) is 66.8 cm³/mol. The highest BCUT2D eigenvalue weighted by molar-refractivity contribution is 8.13. The van der Waals surface area contributed by atoms with Gasteiger partial charge in [-0.25, -0.2) is 15.0 Å². The van der Waals surface area contributed by atoms with Crippen molar-refractivity contribution < 1.29 is 4.79 Å². The van der Waals surface area contributed by atoms with E-state index in [4.69, 9.17) is 23.1 Å². The van der Waals surface area contributed by atoms with E-state index in [0.717, 1.165) is 0 Å². The molecule has 0 saturated heterocycles. The van der Waals surface area contributed by atoms with E-state index in [9.17, 15) is 4.79 Å². The van der Waals surface area contributed by atoms with Crippen LogP contribution in [0, 0.1) is 0 Å². The second kappa shape index (κ2) is 5.13. The molecule has 0 fully saturated rings. The molecule has 0 bridgehead atoms. The van der Waals surface area contributed by atoms with E-state index in [1.807, 2.05) is 0 Å². The van der Waals surface area contributed by atoms with E-state index in [1.54, 1.807) is 13.2 Å². The standard InChI is InChI=1S/C8H10ClN5OS/c1-3(16-2)12-8(15)4-6(10)14-7(11)5(9)13-4/h1-2H3,(H4,10,11,14)/b12-3-. The fourth-order valence-corrected chi connectivity index (χ4v) is 1.14. The van der Waals surface area contributed by atoms with Gasteiger partial charge in [-0.2, -0.15) is 0 Å². The Morgan fingerprint density at radius 1 is 1.38 bits per heavy atom. The molecule has 0 radical (unpaired) electrons. The molecule has 0 unspecified atom stereocenters. The van der Waals surface area contributed by atoms with Gasteiger partial charge in [0.25, 0.3) is 5.91 Å². The first-order valence-corrected chi connectivity index (χ1v) is 5.78. The van der Waals surface area contributed by atoms with E-state index < -0.39 is 5.91 Å². The molecule has 1 aromatic heterocycles. The summed E-state index contributed by atoms with van der Waals surface area (Å²) < 4.78 is 0. The van der Waals surface area contributed by atoms with Crippen LogP contribution in [-0.2, 0) is 0 Å². The van der Waals surface area contributed by atoms with Crippen LogP contribution in [0.3, 0.4) is 0 Å². The van der Waals surface area contributed by atoms with Gasteiger partial charge < -0.3 is 11.5 Å². The SMILES string of the molecule is CS/C(C)=N\C(=O)c1nc(Cl)c(N)nc1N. The molecule has 0 spiro atoms. The van der Waals surface area contributed by atoms with Crippen LogP contribution in [-0.4, -0.2) is 27.2 Å². The second-order valence-corrected chi connectivity index (χ2v) is 4.13. The lowest BCUT2D eigenvalue weighted by atomic mass is 10.4. The molecular weight excluding hydrogens is 250 g/mol. The minimum absolute atomic E-state index is 0.0127. The number of nitrogens with zero attached hydrogens (tertiary/aromatic N) is 3. The number of amides is 1. The van der Waals surface area contributed by atoms with Crippen molar-refractivity contribution in [3.05, 3.63) is 10.8 Å². The number of hydrogen-bond acceptors (Lipinski definition) is 6. The summed E-state index contributed by atoms with van der Waals surface area (Å²) in [4.78, 5) is 22.8. The second-order valence-electron chi connectivity index (χ2n) is 2.77. The van der Waals surface area contributed by atoms with Crippen molar-refractivity contribution in [3.63, 3.8) is 0 Å². The van der Waals surface area contributed by atoms with Crippen molar-refractivity contribution in [2.75, 3.05) is 17.7 Å². The summed E-state index contributed by atoms with van der Waals surface area (Å²) in [5.74, 6) is -0.676. The largest absolute Gasteiger partial charge is 0.382 e. The maximum atomic E-state index is 11.6. The third-order valence-corrected chi connectivity index (χ3v) is 2.62. The molecule has 0 aromatic carbocycles. The van der Waals surface area contributed by atoms with Crippen LogP contribution in [0.4, 0.5) is 11.6 Å². The highest BCUT2D eigenvalue weighted by Crippen LogP contribution is 2.18. The maximum absolute atomic E-state index is 11.6. The average molecular weight is 260 g/mol. The first-order chi connectivity index (χ1) is 7.45. The lowest BCUT2D eigenvalue weighted by Crippen LogP contribution is -2.10. The van der Waals surface area contributed by atoms with Gasteiger partial charge in [0.2, 0.25) is 0 Å². The number of carbonyl (C=O) groups excluding carboxylic acids is 1. The molecule has 86 valence electrons. The minimum Gasteiger partial charge on any atom is -0.382 e. The Morgan fingerprint density at radius 3 is 2.56 bits per heavy atom. The minimum atomic E-state index is -0.584. The normalized spacial score (nSPS) is 11.6. The molecule has 0 aliphatic rings. The molecule has 16 heavy (non-hydrogen) atoms. The summed E-state index contributed by atoms with van der Waals surface area (Å²) in [7, 11) is 0. The molecule has 1 heterocycles. The Hall–Kier alpha value is -1.34. The number of thioether (sulfide) groups is 1. The van der Waals surface area contributed by atoms with E-state index in [2.05, 4.69) is 15.0 Å². The zero-order valence-electron chi connectivity index (χ0n) is 8.69. The van der Waals surface area contributed by atoms with Crippen molar-refractivity contribution in [2.45, 2.75) is 6.92 Å². The Bertz CT molecular complexity index is 462. The lowest BCUT2D eigenvalue weighted by molar-refractivity contribution is 0.0999. The predicted octanol–water partition coefficient (Wildman–Crippen LogP) is 1.22. The van der Waals surface area contributed by atoms with Gasteiger partial charge in [-0.05, 0) is 13.2 Å². The fourth-order valence-electron chi connectivity index (χ4n) is 0.841. The van der Waals surface area contributed by atoms with Gasteiger partial charge in [0.05, 0.1) is 5.04 Å². The van der Waals surface area contributed by atoms with Gasteiger partial charge >= 0.3 is 0 Å². The molecule has 0 aliphatic heterocycles. The number of nitrogen functional groups attached to an aromatic ring is 2. The molecular formula is C8H10ClN5OS. The van der Waals surface area contributed by atoms with E-state index >= 15 is 0 Å². The Kier molecular flexibility index (Phi) is 4.08. The van der Waals surface area contributed by atoms with Crippen LogP contribution in [0.25, 0.3) is 0 Å². The zero-order chi connectivity index (χ0) is 12.3. The van der Waals surface area contributed by atoms with E-state index in [0.29, 0.717) is 5.04 Å². The summed E-state index contributed by atoms with van der Waals surface area (Å²) in [5, 5.41) is 0.536. The number of aliphatic imine (C=N–C) groups is 1. The molecule has 1 aromatic rings. The highest BCUT2D eigenvalue weighted by atomic mass is 35.5.